The molecule has 2 N–H and O–H groups in total. The van der Waals surface area contributed by atoms with Crippen LogP contribution < -0.4 is 0 Å². The number of aliphatic hydroxyl groups is 1. The minimum atomic E-state index is -0.766. The zero-order chi connectivity index (χ0) is 13.5. The van der Waals surface area contributed by atoms with Gasteiger partial charge in [0.05, 0.1) is 5.60 Å². The average Bonchev–Trinajstić information content (AvgIpc) is 2.70. The van der Waals surface area contributed by atoms with Crippen molar-refractivity contribution < 1.29 is 10.2 Å². The third-order valence-corrected chi connectivity index (χ3v) is 4.01. The molecule has 1 aliphatic rings. The Morgan fingerprint density at radius 3 is 2.58 bits per heavy atom. The van der Waals surface area contributed by atoms with E-state index in [0.717, 1.165) is 24.0 Å². The summed E-state index contributed by atoms with van der Waals surface area (Å²) in [7, 11) is 0. The lowest BCUT2D eigenvalue weighted by atomic mass is 9.88. The molecule has 0 aromatic heterocycles. The van der Waals surface area contributed by atoms with Gasteiger partial charge in [0.2, 0.25) is 0 Å². The van der Waals surface area contributed by atoms with Gasteiger partial charge < -0.3 is 10.2 Å². The van der Waals surface area contributed by atoms with E-state index >= 15 is 0 Å². The van der Waals surface area contributed by atoms with Crippen LogP contribution in [0.15, 0.2) is 42.5 Å². The maximum Gasteiger partial charge on any atom is 0.115 e. The molecule has 0 fully saturated rings. The SMILES string of the molecule is Cc1ccc2c(c1)C(O)(Cc1ccc(O)cc1)CC2. The second kappa shape index (κ2) is 4.39. The minimum absolute atomic E-state index is 0.262. The monoisotopic (exact) mass is 254 g/mol. The number of benzene rings is 2. The zero-order valence-corrected chi connectivity index (χ0v) is 11.1. The van der Waals surface area contributed by atoms with Gasteiger partial charge >= 0.3 is 0 Å². The highest BCUT2D eigenvalue weighted by atomic mass is 16.3. The first kappa shape index (κ1) is 12.2. The lowest BCUT2D eigenvalue weighted by molar-refractivity contribution is 0.0389. The van der Waals surface area contributed by atoms with E-state index in [4.69, 9.17) is 0 Å². The van der Waals surface area contributed by atoms with Gasteiger partial charge in [-0.05, 0) is 48.6 Å². The Kier molecular flexibility index (Phi) is 2.83. The van der Waals surface area contributed by atoms with E-state index in [2.05, 4.69) is 25.1 Å². The van der Waals surface area contributed by atoms with Crippen LogP contribution in [0.25, 0.3) is 0 Å². The molecule has 2 aromatic carbocycles. The highest BCUT2D eigenvalue weighted by molar-refractivity contribution is 5.41. The van der Waals surface area contributed by atoms with Gasteiger partial charge in [-0.1, -0.05) is 35.9 Å². The predicted molar refractivity (Wildman–Crippen MR) is 75.2 cm³/mol. The molecule has 2 aromatic rings. The van der Waals surface area contributed by atoms with Gasteiger partial charge in [0, 0.05) is 6.42 Å². The Morgan fingerprint density at radius 1 is 1.11 bits per heavy atom. The molecule has 0 aliphatic heterocycles. The zero-order valence-electron chi connectivity index (χ0n) is 11.1. The van der Waals surface area contributed by atoms with Crippen molar-refractivity contribution in [3.05, 3.63) is 64.7 Å². The fourth-order valence-corrected chi connectivity index (χ4v) is 2.95. The first-order valence-electron chi connectivity index (χ1n) is 6.67. The first-order chi connectivity index (χ1) is 9.07. The van der Waals surface area contributed by atoms with Gasteiger partial charge in [0.1, 0.15) is 5.75 Å². The number of hydrogen-bond acceptors (Lipinski definition) is 2. The van der Waals surface area contributed by atoms with E-state index in [1.807, 2.05) is 12.1 Å². The third kappa shape index (κ3) is 2.24. The minimum Gasteiger partial charge on any atom is -0.508 e. The number of hydrogen-bond donors (Lipinski definition) is 2. The van der Waals surface area contributed by atoms with Crippen LogP contribution in [-0.4, -0.2) is 10.2 Å². The number of phenols is 1. The van der Waals surface area contributed by atoms with Crippen molar-refractivity contribution in [1.82, 2.24) is 0 Å². The van der Waals surface area contributed by atoms with Crippen LogP contribution in [0.4, 0.5) is 0 Å². The molecule has 0 heterocycles. The van der Waals surface area contributed by atoms with Crippen molar-refractivity contribution >= 4 is 0 Å². The quantitative estimate of drug-likeness (QED) is 0.864. The van der Waals surface area contributed by atoms with Crippen molar-refractivity contribution in [3.63, 3.8) is 0 Å². The molecule has 0 saturated carbocycles. The number of rotatable bonds is 2. The maximum atomic E-state index is 10.9. The van der Waals surface area contributed by atoms with Gasteiger partial charge in [-0.3, -0.25) is 0 Å². The Balaban J connectivity index is 1.93. The molecule has 0 bridgehead atoms. The first-order valence-corrected chi connectivity index (χ1v) is 6.67. The summed E-state index contributed by atoms with van der Waals surface area (Å²) in [4.78, 5) is 0. The summed E-state index contributed by atoms with van der Waals surface area (Å²) in [5, 5.41) is 20.2. The number of fused-ring (bicyclic) bond motifs is 1. The largest absolute Gasteiger partial charge is 0.508 e. The van der Waals surface area contributed by atoms with E-state index in [1.165, 1.54) is 11.1 Å². The lowest BCUT2D eigenvalue weighted by Crippen LogP contribution is -2.25. The molecule has 0 radical (unpaired) electrons. The normalized spacial score (nSPS) is 21.4. The second-order valence-corrected chi connectivity index (χ2v) is 5.54. The van der Waals surface area contributed by atoms with Crippen molar-refractivity contribution in [3.8, 4) is 5.75 Å². The summed E-state index contributed by atoms with van der Waals surface area (Å²) >= 11 is 0. The third-order valence-electron chi connectivity index (χ3n) is 4.01. The molecular weight excluding hydrogens is 236 g/mol. The molecule has 1 unspecified atom stereocenters. The molecule has 0 spiro atoms. The number of aromatic hydroxyl groups is 1. The Bertz CT molecular complexity index is 601. The van der Waals surface area contributed by atoms with Crippen molar-refractivity contribution in [1.29, 1.82) is 0 Å². The number of phenolic OH excluding ortho intramolecular Hbond substituents is 1. The molecule has 1 aliphatic carbocycles. The average molecular weight is 254 g/mol. The van der Waals surface area contributed by atoms with Gasteiger partial charge in [-0.2, -0.15) is 0 Å². The van der Waals surface area contributed by atoms with Crippen LogP contribution in [-0.2, 0) is 18.4 Å². The Hall–Kier alpha value is -1.80. The molecule has 98 valence electrons. The topological polar surface area (TPSA) is 40.5 Å². The van der Waals surface area contributed by atoms with Gasteiger partial charge in [0.25, 0.3) is 0 Å². The van der Waals surface area contributed by atoms with Crippen LogP contribution >= 0.6 is 0 Å². The lowest BCUT2D eigenvalue weighted by Gasteiger charge is -2.24. The van der Waals surface area contributed by atoms with E-state index in [1.54, 1.807) is 12.1 Å². The molecule has 3 rings (SSSR count). The molecule has 19 heavy (non-hydrogen) atoms. The molecule has 2 nitrogen and oxygen atoms in total. The summed E-state index contributed by atoms with van der Waals surface area (Å²) in [6.07, 6.45) is 2.31. The molecular formula is C17H18O2. The Labute approximate surface area is 113 Å². The summed E-state index contributed by atoms with van der Waals surface area (Å²) in [5.41, 5.74) is 3.80. The van der Waals surface area contributed by atoms with Crippen LogP contribution in [0.5, 0.6) is 5.75 Å². The summed E-state index contributed by atoms with van der Waals surface area (Å²) in [6.45, 7) is 2.06. The standard InChI is InChI=1S/C17H18O2/c1-12-2-5-14-8-9-17(19,16(14)10-12)11-13-3-6-15(18)7-4-13/h2-7,10,18-19H,8-9,11H2,1H3. The molecule has 0 amide bonds. The van der Waals surface area contributed by atoms with E-state index in [-0.39, 0.29) is 5.75 Å². The fourth-order valence-electron chi connectivity index (χ4n) is 2.95. The van der Waals surface area contributed by atoms with Crippen molar-refractivity contribution in [2.75, 3.05) is 0 Å². The number of aryl methyl sites for hydroxylation is 2. The fraction of sp³-hybridized carbons (Fsp3) is 0.294. The van der Waals surface area contributed by atoms with Crippen LogP contribution in [0.1, 0.15) is 28.7 Å². The van der Waals surface area contributed by atoms with Gasteiger partial charge in [-0.25, -0.2) is 0 Å². The smallest absolute Gasteiger partial charge is 0.115 e. The van der Waals surface area contributed by atoms with Crippen molar-refractivity contribution in [2.24, 2.45) is 0 Å². The Morgan fingerprint density at radius 2 is 1.84 bits per heavy atom. The molecule has 2 heteroatoms. The maximum absolute atomic E-state index is 10.9. The summed E-state index contributed by atoms with van der Waals surface area (Å²) in [5.74, 6) is 0.262. The van der Waals surface area contributed by atoms with Gasteiger partial charge in [-0.15, -0.1) is 0 Å². The summed E-state index contributed by atoms with van der Waals surface area (Å²) in [6, 6.07) is 13.4. The highest BCUT2D eigenvalue weighted by Gasteiger charge is 2.36. The van der Waals surface area contributed by atoms with E-state index < -0.39 is 5.60 Å². The molecule has 0 saturated heterocycles. The van der Waals surface area contributed by atoms with Gasteiger partial charge in [0.15, 0.2) is 0 Å². The van der Waals surface area contributed by atoms with Crippen LogP contribution in [0.3, 0.4) is 0 Å². The van der Waals surface area contributed by atoms with Crippen LogP contribution in [0, 0.1) is 6.92 Å². The van der Waals surface area contributed by atoms with Crippen molar-refractivity contribution in [2.45, 2.75) is 31.8 Å². The summed E-state index contributed by atoms with van der Waals surface area (Å²) < 4.78 is 0. The van der Waals surface area contributed by atoms with E-state index in [0.29, 0.717) is 6.42 Å². The van der Waals surface area contributed by atoms with E-state index in [9.17, 15) is 10.2 Å². The second-order valence-electron chi connectivity index (χ2n) is 5.54. The predicted octanol–water partition coefficient (Wildman–Crippen LogP) is 3.08. The molecule has 1 atom stereocenters. The highest BCUT2D eigenvalue weighted by Crippen LogP contribution is 2.39. The van der Waals surface area contributed by atoms with Crippen LogP contribution in [0.2, 0.25) is 0 Å².